The summed E-state index contributed by atoms with van der Waals surface area (Å²) in [5.74, 6) is -0.435. The molecule has 0 radical (unpaired) electrons. The molecule has 2 amide bonds. The maximum Gasteiger partial charge on any atom is 0.255 e. The Morgan fingerprint density at radius 1 is 1.11 bits per heavy atom. The van der Waals surface area contributed by atoms with Crippen molar-refractivity contribution in [2.45, 2.75) is 38.1 Å². The van der Waals surface area contributed by atoms with Crippen LogP contribution in [0.5, 0.6) is 0 Å². The first-order valence-corrected chi connectivity index (χ1v) is 9.44. The van der Waals surface area contributed by atoms with E-state index >= 15 is 0 Å². The number of hydrogen-bond acceptors (Lipinski definition) is 4. The minimum atomic E-state index is -0.731. The van der Waals surface area contributed by atoms with Gasteiger partial charge in [-0.1, -0.05) is 24.3 Å². The number of nitrogens with zero attached hydrogens (tertiary/aromatic N) is 1. The summed E-state index contributed by atoms with van der Waals surface area (Å²) >= 11 is 0. The number of carbonyl (C=O) groups is 2. The van der Waals surface area contributed by atoms with Gasteiger partial charge >= 0.3 is 0 Å². The Morgan fingerprint density at radius 2 is 1.82 bits per heavy atom. The highest BCUT2D eigenvalue weighted by atomic mass is 16.2. The number of benzene rings is 2. The van der Waals surface area contributed by atoms with E-state index in [9.17, 15) is 14.9 Å². The topological polar surface area (TPSA) is 94.0 Å². The number of hydrogen-bond donors (Lipinski definition) is 3. The largest absolute Gasteiger partial charge is 0.376 e. The van der Waals surface area contributed by atoms with E-state index in [0.29, 0.717) is 24.1 Å². The number of para-hydroxylation sites is 1. The Balaban J connectivity index is 1.62. The van der Waals surface area contributed by atoms with E-state index < -0.39 is 5.54 Å². The van der Waals surface area contributed by atoms with E-state index in [-0.39, 0.29) is 18.4 Å². The molecular weight excluding hydrogens is 352 g/mol. The summed E-state index contributed by atoms with van der Waals surface area (Å²) in [7, 11) is 0. The fraction of sp³-hybridized carbons (Fsp3) is 0.318. The monoisotopic (exact) mass is 376 g/mol. The first-order chi connectivity index (χ1) is 13.5. The van der Waals surface area contributed by atoms with E-state index in [1.807, 2.05) is 43.3 Å². The third kappa shape index (κ3) is 4.68. The predicted molar refractivity (Wildman–Crippen MR) is 109 cm³/mol. The molecule has 0 heterocycles. The Morgan fingerprint density at radius 3 is 2.50 bits per heavy atom. The summed E-state index contributed by atoms with van der Waals surface area (Å²) in [5, 5.41) is 18.2. The summed E-state index contributed by atoms with van der Waals surface area (Å²) < 4.78 is 0. The van der Waals surface area contributed by atoms with Crippen molar-refractivity contribution in [1.82, 2.24) is 5.32 Å². The van der Waals surface area contributed by atoms with Crippen molar-refractivity contribution in [3.8, 4) is 6.07 Å². The fourth-order valence-corrected chi connectivity index (χ4v) is 3.41. The van der Waals surface area contributed by atoms with E-state index in [0.717, 1.165) is 24.1 Å². The standard InChI is InChI=1S/C22H24N4O2/c1-16-9-10-17(21(28)25-18-7-3-2-4-8-18)13-19(16)24-14-20(27)26-22(15-23)11-5-6-12-22/h2-4,7-10,13,24H,5-6,11-12,14H2,1H3,(H,25,28)(H,26,27). The van der Waals surface area contributed by atoms with Gasteiger partial charge in [-0.05, 0) is 62.4 Å². The molecule has 1 aliphatic rings. The molecule has 1 aliphatic carbocycles. The smallest absolute Gasteiger partial charge is 0.255 e. The van der Waals surface area contributed by atoms with Crippen molar-refractivity contribution in [3.63, 3.8) is 0 Å². The number of nitriles is 1. The lowest BCUT2D eigenvalue weighted by molar-refractivity contribution is -0.120. The van der Waals surface area contributed by atoms with Crippen LogP contribution in [0.1, 0.15) is 41.6 Å². The number of rotatable bonds is 6. The van der Waals surface area contributed by atoms with Crippen LogP contribution in [0.3, 0.4) is 0 Å². The second kappa shape index (κ2) is 8.57. The van der Waals surface area contributed by atoms with Crippen LogP contribution in [0.4, 0.5) is 11.4 Å². The third-order valence-corrected chi connectivity index (χ3v) is 5.02. The molecule has 1 saturated carbocycles. The molecule has 2 aromatic carbocycles. The summed E-state index contributed by atoms with van der Waals surface area (Å²) in [5.41, 5.74) is 2.14. The van der Waals surface area contributed by atoms with Gasteiger partial charge in [0, 0.05) is 16.9 Å². The van der Waals surface area contributed by atoms with Crippen molar-refractivity contribution in [1.29, 1.82) is 5.26 Å². The minimum absolute atomic E-state index is 0.0496. The number of anilines is 2. The quantitative estimate of drug-likeness (QED) is 0.718. The van der Waals surface area contributed by atoms with E-state index in [1.54, 1.807) is 12.1 Å². The van der Waals surface area contributed by atoms with Crippen molar-refractivity contribution < 1.29 is 9.59 Å². The lowest BCUT2D eigenvalue weighted by atomic mass is 10.00. The molecular formula is C22H24N4O2. The average molecular weight is 376 g/mol. The Hall–Kier alpha value is -3.33. The summed E-state index contributed by atoms with van der Waals surface area (Å²) in [4.78, 5) is 24.8. The molecule has 0 spiro atoms. The highest BCUT2D eigenvalue weighted by molar-refractivity contribution is 6.05. The van der Waals surface area contributed by atoms with Crippen LogP contribution in [0.15, 0.2) is 48.5 Å². The highest BCUT2D eigenvalue weighted by Gasteiger charge is 2.35. The van der Waals surface area contributed by atoms with Gasteiger partial charge in [-0.2, -0.15) is 5.26 Å². The normalized spacial score (nSPS) is 14.7. The maximum atomic E-state index is 12.5. The van der Waals surface area contributed by atoms with E-state index in [1.165, 1.54) is 0 Å². The first kappa shape index (κ1) is 19.4. The van der Waals surface area contributed by atoms with Crippen LogP contribution in [0, 0.1) is 18.3 Å². The third-order valence-electron chi connectivity index (χ3n) is 5.02. The molecule has 1 fully saturated rings. The van der Waals surface area contributed by atoms with Gasteiger partial charge in [-0.25, -0.2) is 0 Å². The zero-order chi connectivity index (χ0) is 20.0. The fourth-order valence-electron chi connectivity index (χ4n) is 3.41. The van der Waals surface area contributed by atoms with Crippen LogP contribution >= 0.6 is 0 Å². The summed E-state index contributed by atoms with van der Waals surface area (Å²) in [6, 6.07) is 16.8. The lowest BCUT2D eigenvalue weighted by Crippen LogP contribution is -2.47. The van der Waals surface area contributed by atoms with Gasteiger partial charge in [-0.3, -0.25) is 9.59 Å². The van der Waals surface area contributed by atoms with Crippen LogP contribution in [-0.4, -0.2) is 23.9 Å². The Kier molecular flexibility index (Phi) is 5.95. The van der Waals surface area contributed by atoms with Crippen LogP contribution in [0.2, 0.25) is 0 Å². The Labute approximate surface area is 164 Å². The molecule has 6 heteroatoms. The lowest BCUT2D eigenvalue weighted by Gasteiger charge is -2.22. The van der Waals surface area contributed by atoms with Gasteiger partial charge in [0.2, 0.25) is 5.91 Å². The molecule has 2 aromatic rings. The zero-order valence-corrected chi connectivity index (χ0v) is 15.9. The van der Waals surface area contributed by atoms with Crippen molar-refractivity contribution >= 4 is 23.2 Å². The minimum Gasteiger partial charge on any atom is -0.376 e. The van der Waals surface area contributed by atoms with Gasteiger partial charge in [0.15, 0.2) is 0 Å². The zero-order valence-electron chi connectivity index (χ0n) is 15.9. The van der Waals surface area contributed by atoms with Gasteiger partial charge in [0.05, 0.1) is 12.6 Å². The molecule has 0 atom stereocenters. The highest BCUT2D eigenvalue weighted by Crippen LogP contribution is 2.28. The van der Waals surface area contributed by atoms with Gasteiger partial charge in [0.25, 0.3) is 5.91 Å². The molecule has 6 nitrogen and oxygen atoms in total. The second-order valence-corrected chi connectivity index (χ2v) is 7.15. The average Bonchev–Trinajstić information content (AvgIpc) is 3.17. The number of amides is 2. The van der Waals surface area contributed by atoms with Crippen molar-refractivity contribution in [2.24, 2.45) is 0 Å². The van der Waals surface area contributed by atoms with Gasteiger partial charge in [0.1, 0.15) is 5.54 Å². The summed E-state index contributed by atoms with van der Waals surface area (Å²) in [6.07, 6.45) is 3.31. The molecule has 0 bridgehead atoms. The van der Waals surface area contributed by atoms with E-state index in [4.69, 9.17) is 0 Å². The van der Waals surface area contributed by atoms with Crippen LogP contribution in [0.25, 0.3) is 0 Å². The maximum absolute atomic E-state index is 12.5. The molecule has 3 rings (SSSR count). The molecule has 0 aromatic heterocycles. The summed E-state index contributed by atoms with van der Waals surface area (Å²) in [6.45, 7) is 1.96. The van der Waals surface area contributed by atoms with Crippen molar-refractivity contribution in [2.75, 3.05) is 17.2 Å². The first-order valence-electron chi connectivity index (χ1n) is 9.44. The van der Waals surface area contributed by atoms with Gasteiger partial charge in [-0.15, -0.1) is 0 Å². The predicted octanol–water partition coefficient (Wildman–Crippen LogP) is 3.61. The van der Waals surface area contributed by atoms with E-state index in [2.05, 4.69) is 22.0 Å². The SMILES string of the molecule is Cc1ccc(C(=O)Nc2ccccc2)cc1NCC(=O)NC1(C#N)CCCC1. The molecule has 0 unspecified atom stereocenters. The molecule has 28 heavy (non-hydrogen) atoms. The number of aryl methyl sites for hydroxylation is 1. The Bertz CT molecular complexity index is 896. The molecule has 0 saturated heterocycles. The van der Waals surface area contributed by atoms with Gasteiger partial charge < -0.3 is 16.0 Å². The number of carbonyl (C=O) groups excluding carboxylic acids is 2. The van der Waals surface area contributed by atoms with Crippen LogP contribution in [-0.2, 0) is 4.79 Å². The molecule has 144 valence electrons. The number of nitrogens with one attached hydrogen (secondary N) is 3. The molecule has 3 N–H and O–H groups in total. The molecule has 0 aliphatic heterocycles. The second-order valence-electron chi connectivity index (χ2n) is 7.15. The van der Waals surface area contributed by atoms with Crippen LogP contribution < -0.4 is 16.0 Å². The van der Waals surface area contributed by atoms with Crippen molar-refractivity contribution in [3.05, 3.63) is 59.7 Å².